The van der Waals surface area contributed by atoms with Crippen LogP contribution < -0.4 is 9.47 Å². The van der Waals surface area contributed by atoms with Crippen LogP contribution in [0.3, 0.4) is 0 Å². The number of hydrogen-bond acceptors (Lipinski definition) is 5. The number of allylic oxidation sites excluding steroid dienone is 1. The first-order chi connectivity index (χ1) is 15.0. The molecule has 5 rings (SSSR count). The van der Waals surface area contributed by atoms with Crippen molar-refractivity contribution >= 4 is 40.4 Å². The molecule has 31 heavy (non-hydrogen) atoms. The quantitative estimate of drug-likeness (QED) is 0.219. The van der Waals surface area contributed by atoms with Gasteiger partial charge in [0.05, 0.1) is 5.56 Å². The van der Waals surface area contributed by atoms with Crippen molar-refractivity contribution in [3.8, 4) is 11.5 Å². The highest BCUT2D eigenvalue weighted by Gasteiger charge is 2.28. The van der Waals surface area contributed by atoms with E-state index in [1.165, 1.54) is 6.07 Å². The number of rotatable bonds is 3. The Hall–Kier alpha value is -3.83. The minimum atomic E-state index is -0.660. The Labute approximate surface area is 182 Å². The molecule has 0 bridgehead atoms. The first-order valence-electron chi connectivity index (χ1n) is 9.53. The van der Waals surface area contributed by atoms with E-state index in [0.717, 1.165) is 11.1 Å². The predicted octanol–water partition coefficient (Wildman–Crippen LogP) is 6.23. The number of Topliss-reactive ketones (excluding diaryl/α,β-unsaturated/α-hetero) is 1. The van der Waals surface area contributed by atoms with Crippen LogP contribution in [0.2, 0.25) is 5.02 Å². The monoisotopic (exact) mass is 430 g/mol. The van der Waals surface area contributed by atoms with E-state index in [1.54, 1.807) is 42.5 Å². The van der Waals surface area contributed by atoms with Gasteiger partial charge in [0.2, 0.25) is 11.5 Å². The lowest BCUT2D eigenvalue weighted by Gasteiger charge is -2.04. The summed E-state index contributed by atoms with van der Waals surface area (Å²) in [5.74, 6) is -0.0203. The molecule has 0 amide bonds. The third kappa shape index (κ3) is 3.60. The average molecular weight is 431 g/mol. The van der Waals surface area contributed by atoms with E-state index in [4.69, 9.17) is 25.5 Å². The number of hydrogen-bond donors (Lipinski definition) is 0. The minimum Gasteiger partial charge on any atom is -0.452 e. The Morgan fingerprint density at radius 2 is 1.87 bits per heavy atom. The van der Waals surface area contributed by atoms with Crippen LogP contribution in [0.4, 0.5) is 0 Å². The number of fused-ring (bicyclic) bond motifs is 2. The molecule has 0 radical (unpaired) electrons. The van der Waals surface area contributed by atoms with Crippen LogP contribution in [0.15, 0.2) is 76.9 Å². The highest BCUT2D eigenvalue weighted by molar-refractivity contribution is 6.31. The van der Waals surface area contributed by atoms with Gasteiger partial charge in [-0.15, -0.1) is 0 Å². The highest BCUT2D eigenvalue weighted by Crippen LogP contribution is 2.35. The Kier molecular flexibility index (Phi) is 4.60. The molecule has 0 fully saturated rings. The molecule has 0 aliphatic carbocycles. The smallest absolute Gasteiger partial charge is 0.379 e. The molecule has 6 heteroatoms. The molecule has 4 aromatic rings. The molecule has 3 aromatic carbocycles. The predicted molar refractivity (Wildman–Crippen MR) is 117 cm³/mol. The normalized spacial score (nSPS) is 14.0. The fourth-order valence-corrected chi connectivity index (χ4v) is 3.57. The fraction of sp³-hybridized carbons (Fsp3) is 0.0400. The van der Waals surface area contributed by atoms with E-state index in [-0.39, 0.29) is 23.1 Å². The SMILES string of the molecule is Cc1ccccc1/C=C1\Oc2cc(OC(=O)c3cc4cc(Cl)ccc4o3)ccc2C1=O. The van der Waals surface area contributed by atoms with Crippen molar-refractivity contribution in [1.82, 2.24) is 0 Å². The number of ether oxygens (including phenoxy) is 2. The zero-order chi connectivity index (χ0) is 21.5. The van der Waals surface area contributed by atoms with Gasteiger partial charge >= 0.3 is 5.97 Å². The third-order valence-corrected chi connectivity index (χ3v) is 5.24. The highest BCUT2D eigenvalue weighted by atomic mass is 35.5. The zero-order valence-corrected chi connectivity index (χ0v) is 17.1. The Morgan fingerprint density at radius 3 is 2.71 bits per heavy atom. The van der Waals surface area contributed by atoms with Gasteiger partial charge in [-0.2, -0.15) is 0 Å². The standard InChI is InChI=1S/C25H15ClO5/c1-14-4-2-3-5-15(14)11-22-24(27)19-8-7-18(13-21(19)31-22)29-25(28)23-12-16-10-17(26)6-9-20(16)30-23/h2-13H,1H3/b22-11-. The second kappa shape index (κ2) is 7.45. The Bertz CT molecular complexity index is 1400. The molecular formula is C25H15ClO5. The van der Waals surface area contributed by atoms with E-state index in [9.17, 15) is 9.59 Å². The summed E-state index contributed by atoms with van der Waals surface area (Å²) in [4.78, 5) is 25.2. The molecule has 0 spiro atoms. The van der Waals surface area contributed by atoms with Crippen molar-refractivity contribution in [2.75, 3.05) is 0 Å². The second-order valence-electron chi connectivity index (χ2n) is 7.14. The van der Waals surface area contributed by atoms with Gasteiger partial charge in [0.1, 0.15) is 17.1 Å². The van der Waals surface area contributed by atoms with Crippen molar-refractivity contribution < 1.29 is 23.5 Å². The molecule has 0 unspecified atom stereocenters. The van der Waals surface area contributed by atoms with Crippen LogP contribution in [0, 0.1) is 6.92 Å². The summed E-state index contributed by atoms with van der Waals surface area (Å²) in [7, 11) is 0. The van der Waals surface area contributed by atoms with Crippen LogP contribution in [0.5, 0.6) is 11.5 Å². The van der Waals surface area contributed by atoms with Gasteiger partial charge in [0, 0.05) is 16.5 Å². The maximum atomic E-state index is 12.7. The van der Waals surface area contributed by atoms with Crippen LogP contribution in [-0.2, 0) is 0 Å². The Morgan fingerprint density at radius 1 is 1.03 bits per heavy atom. The largest absolute Gasteiger partial charge is 0.452 e. The molecule has 0 N–H and O–H groups in total. The average Bonchev–Trinajstić information content (AvgIpc) is 3.30. The van der Waals surface area contributed by atoms with E-state index >= 15 is 0 Å². The number of carbonyl (C=O) groups excluding carboxylic acids is 2. The molecule has 2 heterocycles. The van der Waals surface area contributed by atoms with Crippen LogP contribution in [0.25, 0.3) is 17.0 Å². The summed E-state index contributed by atoms with van der Waals surface area (Å²) in [6.07, 6.45) is 1.71. The molecule has 1 aliphatic heterocycles. The molecule has 5 nitrogen and oxygen atoms in total. The van der Waals surface area contributed by atoms with Crippen LogP contribution in [-0.4, -0.2) is 11.8 Å². The van der Waals surface area contributed by atoms with Gasteiger partial charge < -0.3 is 13.9 Å². The van der Waals surface area contributed by atoms with Crippen molar-refractivity contribution in [3.63, 3.8) is 0 Å². The summed E-state index contributed by atoms with van der Waals surface area (Å²) in [6, 6.07) is 19.0. The van der Waals surface area contributed by atoms with Gasteiger partial charge in [-0.25, -0.2) is 4.79 Å². The van der Waals surface area contributed by atoms with Gasteiger partial charge in [-0.3, -0.25) is 4.79 Å². The molecular weight excluding hydrogens is 416 g/mol. The number of benzene rings is 3. The maximum absolute atomic E-state index is 12.7. The molecule has 152 valence electrons. The minimum absolute atomic E-state index is 0.0508. The summed E-state index contributed by atoms with van der Waals surface area (Å²) in [6.45, 7) is 1.96. The number of carbonyl (C=O) groups is 2. The van der Waals surface area contributed by atoms with E-state index in [0.29, 0.717) is 27.3 Å². The van der Waals surface area contributed by atoms with Crippen LogP contribution in [0.1, 0.15) is 32.0 Å². The molecule has 0 atom stereocenters. The number of ketones is 1. The number of aryl methyl sites for hydroxylation is 1. The molecule has 1 aromatic heterocycles. The molecule has 1 aliphatic rings. The summed E-state index contributed by atoms with van der Waals surface area (Å²) in [5, 5.41) is 1.25. The molecule has 0 saturated heterocycles. The van der Waals surface area contributed by atoms with Gasteiger partial charge in [0.15, 0.2) is 5.76 Å². The van der Waals surface area contributed by atoms with Crippen LogP contribution >= 0.6 is 11.6 Å². The summed E-state index contributed by atoms with van der Waals surface area (Å²) >= 11 is 5.97. The van der Waals surface area contributed by atoms with Crippen molar-refractivity contribution in [3.05, 3.63) is 100.0 Å². The Balaban J connectivity index is 1.38. The lowest BCUT2D eigenvalue weighted by atomic mass is 10.1. The van der Waals surface area contributed by atoms with E-state index < -0.39 is 5.97 Å². The second-order valence-corrected chi connectivity index (χ2v) is 7.57. The van der Waals surface area contributed by atoms with E-state index in [2.05, 4.69) is 0 Å². The zero-order valence-electron chi connectivity index (χ0n) is 16.3. The number of furan rings is 1. The fourth-order valence-electron chi connectivity index (χ4n) is 3.39. The van der Waals surface area contributed by atoms with Gasteiger partial charge in [-0.1, -0.05) is 35.9 Å². The van der Waals surface area contributed by atoms with Crippen molar-refractivity contribution in [2.45, 2.75) is 6.92 Å². The third-order valence-electron chi connectivity index (χ3n) is 5.01. The van der Waals surface area contributed by atoms with Crippen molar-refractivity contribution in [2.24, 2.45) is 0 Å². The lowest BCUT2D eigenvalue weighted by Crippen LogP contribution is -2.07. The molecule has 0 saturated carbocycles. The number of esters is 1. The van der Waals surface area contributed by atoms with E-state index in [1.807, 2.05) is 31.2 Å². The lowest BCUT2D eigenvalue weighted by molar-refractivity contribution is 0.0703. The van der Waals surface area contributed by atoms with Crippen molar-refractivity contribution in [1.29, 1.82) is 0 Å². The maximum Gasteiger partial charge on any atom is 0.379 e. The topological polar surface area (TPSA) is 65.7 Å². The van der Waals surface area contributed by atoms with Gasteiger partial charge in [-0.05, 0) is 60.5 Å². The van der Waals surface area contributed by atoms with Gasteiger partial charge in [0.25, 0.3) is 0 Å². The first kappa shape index (κ1) is 19.2. The summed E-state index contributed by atoms with van der Waals surface area (Å²) in [5.41, 5.74) is 2.88. The first-order valence-corrected chi connectivity index (χ1v) is 9.91. The summed E-state index contributed by atoms with van der Waals surface area (Å²) < 4.78 is 16.7. The number of halogens is 1.